The summed E-state index contributed by atoms with van der Waals surface area (Å²) in [5.74, 6) is -1.35. The Kier molecular flexibility index (Phi) is 5.67. The predicted octanol–water partition coefficient (Wildman–Crippen LogP) is 3.82. The first kappa shape index (κ1) is 21.2. The molecule has 164 valence electrons. The summed E-state index contributed by atoms with van der Waals surface area (Å²) in [6, 6.07) is 15.7. The van der Waals surface area contributed by atoms with Crippen molar-refractivity contribution in [2.45, 2.75) is 19.4 Å². The van der Waals surface area contributed by atoms with Crippen molar-refractivity contribution in [1.82, 2.24) is 9.55 Å². The fraction of sp³-hybridized carbons (Fsp3) is 0.130. The minimum absolute atomic E-state index is 0.162. The molecule has 9 nitrogen and oxygen atoms in total. The van der Waals surface area contributed by atoms with Crippen LogP contribution < -0.4 is 10.5 Å². The van der Waals surface area contributed by atoms with E-state index in [0.29, 0.717) is 22.7 Å². The van der Waals surface area contributed by atoms with Crippen molar-refractivity contribution in [2.24, 2.45) is 0 Å². The molecule has 0 spiro atoms. The molecule has 0 fully saturated rings. The maximum atomic E-state index is 12.8. The molecule has 4 rings (SSSR count). The van der Waals surface area contributed by atoms with Crippen LogP contribution in [0.25, 0.3) is 10.9 Å². The monoisotopic (exact) mass is 434 g/mol. The van der Waals surface area contributed by atoms with E-state index in [2.05, 4.69) is 4.98 Å². The van der Waals surface area contributed by atoms with Crippen LogP contribution in [0, 0.1) is 0 Å². The van der Waals surface area contributed by atoms with Crippen LogP contribution in [0.2, 0.25) is 0 Å². The van der Waals surface area contributed by atoms with E-state index in [1.54, 1.807) is 6.20 Å². The zero-order valence-electron chi connectivity index (χ0n) is 17.2. The lowest BCUT2D eigenvalue weighted by atomic mass is 10.1. The number of hydrogen-bond donors (Lipinski definition) is 5. The van der Waals surface area contributed by atoms with Crippen molar-refractivity contribution >= 4 is 28.2 Å². The third kappa shape index (κ3) is 3.94. The summed E-state index contributed by atoms with van der Waals surface area (Å²) in [6.07, 6.45) is 1.99. The van der Waals surface area contributed by atoms with Gasteiger partial charge in [-0.2, -0.15) is 5.06 Å². The van der Waals surface area contributed by atoms with Gasteiger partial charge < -0.3 is 10.2 Å². The minimum Gasteiger partial charge on any atom is -0.494 e. The molecule has 4 aromatic rings. The van der Waals surface area contributed by atoms with E-state index >= 15 is 0 Å². The smallest absolute Gasteiger partial charge is 0.273 e. The molecule has 0 aliphatic heterocycles. The number of hydroxylamine groups is 1. The van der Waals surface area contributed by atoms with Gasteiger partial charge in [-0.15, -0.1) is 0 Å². The van der Waals surface area contributed by atoms with Crippen LogP contribution in [0.15, 0.2) is 66.9 Å². The number of para-hydroxylation sites is 1. The molecule has 32 heavy (non-hydrogen) atoms. The summed E-state index contributed by atoms with van der Waals surface area (Å²) in [5.41, 5.74) is 4.61. The number of nitrogens with one attached hydrogen (secondary N) is 1. The van der Waals surface area contributed by atoms with Crippen LogP contribution in [0.1, 0.15) is 24.1 Å². The summed E-state index contributed by atoms with van der Waals surface area (Å²) in [6.45, 7) is 1.45. The van der Waals surface area contributed by atoms with Gasteiger partial charge in [-0.05, 0) is 48.9 Å². The standard InChI is InChI=1S/C23H22N4O5/c1-14(22(29)27(32)19-8-6-18(25-31)7-9-19)26-21(28)12-17(23(26)30)11-15-10-16-4-2-3-5-20(16)24-13-15/h2-10,12-14,25,28,30-32H,11H2,1H3/t14-/m0/s1. The number of pyridine rings is 1. The summed E-state index contributed by atoms with van der Waals surface area (Å²) >= 11 is 0. The predicted molar refractivity (Wildman–Crippen MR) is 118 cm³/mol. The third-order valence-corrected chi connectivity index (χ3v) is 5.30. The summed E-state index contributed by atoms with van der Waals surface area (Å²) in [7, 11) is 0. The number of hydrogen-bond acceptors (Lipinski definition) is 7. The summed E-state index contributed by atoms with van der Waals surface area (Å²) < 4.78 is 1.05. The van der Waals surface area contributed by atoms with Crippen LogP contribution in [0.3, 0.4) is 0 Å². The van der Waals surface area contributed by atoms with Crippen molar-refractivity contribution in [3.63, 3.8) is 0 Å². The number of aromatic nitrogens is 2. The molecule has 0 saturated carbocycles. The van der Waals surface area contributed by atoms with E-state index in [1.807, 2.05) is 35.8 Å². The van der Waals surface area contributed by atoms with Crippen LogP contribution >= 0.6 is 0 Å². The zero-order chi connectivity index (χ0) is 22.8. The number of anilines is 2. The van der Waals surface area contributed by atoms with Gasteiger partial charge in [-0.25, -0.2) is 0 Å². The Morgan fingerprint density at radius 2 is 1.84 bits per heavy atom. The quantitative estimate of drug-likeness (QED) is 0.230. The van der Waals surface area contributed by atoms with Gasteiger partial charge in [-0.3, -0.25) is 30.2 Å². The Morgan fingerprint density at radius 3 is 2.56 bits per heavy atom. The molecule has 0 radical (unpaired) electrons. The zero-order valence-corrected chi connectivity index (χ0v) is 17.2. The summed E-state index contributed by atoms with van der Waals surface area (Å²) in [5, 5.41) is 41.7. The lowest BCUT2D eigenvalue weighted by molar-refractivity contribution is -0.126. The number of fused-ring (bicyclic) bond motifs is 1. The van der Waals surface area contributed by atoms with E-state index in [9.17, 15) is 20.2 Å². The number of carbonyl (C=O) groups excluding carboxylic acids is 1. The second kappa shape index (κ2) is 8.58. The highest BCUT2D eigenvalue weighted by molar-refractivity contribution is 5.94. The van der Waals surface area contributed by atoms with Crippen LogP contribution in [-0.2, 0) is 11.2 Å². The molecule has 2 heterocycles. The van der Waals surface area contributed by atoms with Crippen LogP contribution in [0.4, 0.5) is 11.4 Å². The van der Waals surface area contributed by atoms with Gasteiger partial charge in [0, 0.05) is 29.6 Å². The SMILES string of the molecule is C[C@@H](C(=O)N(O)c1ccc(NO)cc1)n1c(O)cc(Cc2cnc3ccccc3c2)c1O. The maximum absolute atomic E-state index is 12.8. The molecule has 2 aromatic heterocycles. The average molecular weight is 434 g/mol. The van der Waals surface area contributed by atoms with E-state index in [4.69, 9.17) is 5.21 Å². The van der Waals surface area contributed by atoms with Gasteiger partial charge in [0.25, 0.3) is 5.91 Å². The molecule has 1 atom stereocenters. The van der Waals surface area contributed by atoms with Gasteiger partial charge in [0.1, 0.15) is 6.04 Å². The fourth-order valence-corrected chi connectivity index (χ4v) is 3.59. The number of aromatic hydroxyl groups is 2. The molecule has 0 aliphatic carbocycles. The largest absolute Gasteiger partial charge is 0.494 e. The molecule has 2 aromatic carbocycles. The van der Waals surface area contributed by atoms with Crippen LogP contribution in [0.5, 0.6) is 11.8 Å². The number of amides is 1. The lowest BCUT2D eigenvalue weighted by Crippen LogP contribution is -2.33. The Balaban J connectivity index is 1.57. The molecule has 9 heteroatoms. The fourth-order valence-electron chi connectivity index (χ4n) is 3.59. The molecule has 1 amide bonds. The second-order valence-electron chi connectivity index (χ2n) is 7.42. The second-order valence-corrected chi connectivity index (χ2v) is 7.42. The molecule has 5 N–H and O–H groups in total. The van der Waals surface area contributed by atoms with E-state index in [1.165, 1.54) is 37.3 Å². The van der Waals surface area contributed by atoms with E-state index in [-0.39, 0.29) is 17.4 Å². The molecular weight excluding hydrogens is 412 g/mol. The van der Waals surface area contributed by atoms with Crippen molar-refractivity contribution in [3.05, 3.63) is 78.0 Å². The first-order valence-electron chi connectivity index (χ1n) is 9.87. The van der Waals surface area contributed by atoms with Gasteiger partial charge in [0.05, 0.1) is 16.9 Å². The maximum Gasteiger partial charge on any atom is 0.273 e. The highest BCUT2D eigenvalue weighted by Gasteiger charge is 2.27. The van der Waals surface area contributed by atoms with Gasteiger partial charge in [0.2, 0.25) is 0 Å². The highest BCUT2D eigenvalue weighted by atomic mass is 16.5. The first-order chi connectivity index (χ1) is 15.4. The normalized spacial score (nSPS) is 12.0. The Hall–Kier alpha value is -4.08. The molecule has 0 saturated heterocycles. The van der Waals surface area contributed by atoms with Gasteiger partial charge in [-0.1, -0.05) is 18.2 Å². The molecule has 0 bridgehead atoms. The Labute approximate surface area is 183 Å². The van der Waals surface area contributed by atoms with Crippen molar-refractivity contribution < 1.29 is 25.4 Å². The van der Waals surface area contributed by atoms with Gasteiger partial charge >= 0.3 is 0 Å². The third-order valence-electron chi connectivity index (χ3n) is 5.30. The topological polar surface area (TPSA) is 131 Å². The molecule has 0 aliphatic rings. The Morgan fingerprint density at radius 1 is 1.12 bits per heavy atom. The first-order valence-corrected chi connectivity index (χ1v) is 9.87. The summed E-state index contributed by atoms with van der Waals surface area (Å²) in [4.78, 5) is 17.2. The molecule has 0 unspecified atom stereocenters. The van der Waals surface area contributed by atoms with E-state index < -0.39 is 11.9 Å². The average Bonchev–Trinajstić information content (AvgIpc) is 3.10. The Bertz CT molecular complexity index is 1270. The number of nitrogens with zero attached hydrogens (tertiary/aromatic N) is 3. The number of carbonyl (C=O) groups is 1. The highest BCUT2D eigenvalue weighted by Crippen LogP contribution is 2.34. The van der Waals surface area contributed by atoms with E-state index in [0.717, 1.165) is 21.0 Å². The minimum atomic E-state index is -1.10. The number of rotatable bonds is 6. The molecular formula is C23H22N4O5. The van der Waals surface area contributed by atoms with Gasteiger partial charge in [0.15, 0.2) is 11.8 Å². The van der Waals surface area contributed by atoms with Crippen molar-refractivity contribution in [1.29, 1.82) is 0 Å². The lowest BCUT2D eigenvalue weighted by Gasteiger charge is -2.21. The van der Waals surface area contributed by atoms with Crippen LogP contribution in [-0.4, -0.2) is 36.1 Å². The van der Waals surface area contributed by atoms with Crippen molar-refractivity contribution in [2.75, 3.05) is 10.5 Å². The van der Waals surface area contributed by atoms with Crippen molar-refractivity contribution in [3.8, 4) is 11.8 Å². The number of benzene rings is 2.